The van der Waals surface area contributed by atoms with E-state index in [2.05, 4.69) is 25.7 Å². The van der Waals surface area contributed by atoms with Crippen LogP contribution < -0.4 is 0 Å². The van der Waals surface area contributed by atoms with E-state index < -0.39 is 6.10 Å². The summed E-state index contributed by atoms with van der Waals surface area (Å²) in [6.45, 7) is 9.41. The lowest BCUT2D eigenvalue weighted by molar-refractivity contribution is -0.0667. The van der Waals surface area contributed by atoms with Crippen LogP contribution in [0.3, 0.4) is 0 Å². The molecule has 0 aliphatic carbocycles. The van der Waals surface area contributed by atoms with Gasteiger partial charge < -0.3 is 9.84 Å². The van der Waals surface area contributed by atoms with E-state index >= 15 is 0 Å². The van der Waals surface area contributed by atoms with Crippen LogP contribution >= 0.6 is 0 Å². The van der Waals surface area contributed by atoms with Gasteiger partial charge in [0.05, 0.1) is 19.3 Å². The van der Waals surface area contributed by atoms with Crippen molar-refractivity contribution >= 4 is 0 Å². The van der Waals surface area contributed by atoms with Gasteiger partial charge in [-0.2, -0.15) is 0 Å². The molecule has 1 atom stereocenters. The number of rotatable bonds is 3. The highest BCUT2D eigenvalue weighted by molar-refractivity contribution is 5.23. The number of ether oxygens (including phenoxy) is 1. The van der Waals surface area contributed by atoms with Crippen molar-refractivity contribution in [3.05, 3.63) is 35.4 Å². The van der Waals surface area contributed by atoms with Crippen LogP contribution in [0.4, 0.5) is 0 Å². The lowest BCUT2D eigenvalue weighted by Crippen LogP contribution is -2.54. The van der Waals surface area contributed by atoms with Gasteiger partial charge in [-0.15, -0.1) is 0 Å². The summed E-state index contributed by atoms with van der Waals surface area (Å²) in [7, 11) is 0. The van der Waals surface area contributed by atoms with Crippen LogP contribution in [0.25, 0.3) is 0 Å². The molecule has 1 aromatic rings. The van der Waals surface area contributed by atoms with Crippen LogP contribution in [0.15, 0.2) is 24.3 Å². The summed E-state index contributed by atoms with van der Waals surface area (Å²) in [5.74, 6) is 0. The molecule has 0 aromatic heterocycles. The van der Waals surface area contributed by atoms with Crippen LogP contribution in [0.1, 0.15) is 31.1 Å². The van der Waals surface area contributed by atoms with Crippen molar-refractivity contribution in [1.82, 2.24) is 4.90 Å². The number of benzene rings is 1. The minimum absolute atomic E-state index is 0.00390. The van der Waals surface area contributed by atoms with Gasteiger partial charge in [0.2, 0.25) is 0 Å². The second-order valence-corrected chi connectivity index (χ2v) is 5.74. The number of aliphatic hydroxyl groups is 1. The third-order valence-corrected chi connectivity index (χ3v) is 3.67. The van der Waals surface area contributed by atoms with E-state index in [0.29, 0.717) is 6.54 Å². The average molecular weight is 249 g/mol. The van der Waals surface area contributed by atoms with Crippen LogP contribution in [-0.4, -0.2) is 41.8 Å². The minimum Gasteiger partial charge on any atom is -0.387 e. The van der Waals surface area contributed by atoms with E-state index in [1.165, 1.54) is 5.56 Å². The first-order valence-corrected chi connectivity index (χ1v) is 6.56. The van der Waals surface area contributed by atoms with E-state index in [1.54, 1.807) is 0 Å². The molecule has 0 radical (unpaired) electrons. The van der Waals surface area contributed by atoms with Crippen molar-refractivity contribution in [3.63, 3.8) is 0 Å². The molecule has 1 aliphatic rings. The quantitative estimate of drug-likeness (QED) is 0.891. The molecule has 100 valence electrons. The lowest BCUT2D eigenvalue weighted by Gasteiger charge is -2.43. The van der Waals surface area contributed by atoms with Gasteiger partial charge in [0, 0.05) is 18.6 Å². The Balaban J connectivity index is 2.02. The number of hydrogen-bond donors (Lipinski definition) is 1. The monoisotopic (exact) mass is 249 g/mol. The summed E-state index contributed by atoms with van der Waals surface area (Å²) in [5, 5.41) is 10.3. The summed E-state index contributed by atoms with van der Waals surface area (Å²) in [4.78, 5) is 2.31. The molecule has 1 saturated heterocycles. The summed E-state index contributed by atoms with van der Waals surface area (Å²) < 4.78 is 5.49. The molecule has 0 spiro atoms. The second-order valence-electron chi connectivity index (χ2n) is 5.74. The first-order chi connectivity index (χ1) is 8.49. The maximum Gasteiger partial charge on any atom is 0.0917 e. The molecule has 18 heavy (non-hydrogen) atoms. The van der Waals surface area contributed by atoms with E-state index in [4.69, 9.17) is 4.74 Å². The Morgan fingerprint density at radius 2 is 2.00 bits per heavy atom. The van der Waals surface area contributed by atoms with Crippen molar-refractivity contribution in [2.24, 2.45) is 0 Å². The lowest BCUT2D eigenvalue weighted by atomic mass is 10.00. The van der Waals surface area contributed by atoms with Gasteiger partial charge >= 0.3 is 0 Å². The van der Waals surface area contributed by atoms with Crippen molar-refractivity contribution < 1.29 is 9.84 Å². The molecule has 0 saturated carbocycles. The minimum atomic E-state index is -0.428. The maximum atomic E-state index is 10.3. The van der Waals surface area contributed by atoms with Crippen LogP contribution in [0.2, 0.25) is 0 Å². The predicted octanol–water partition coefficient (Wildman–Crippen LogP) is 2.14. The Kier molecular flexibility index (Phi) is 4.05. The number of nitrogens with zero attached hydrogens (tertiary/aromatic N) is 1. The first kappa shape index (κ1) is 13.5. The Morgan fingerprint density at radius 3 is 2.61 bits per heavy atom. The van der Waals surface area contributed by atoms with Gasteiger partial charge in [-0.25, -0.2) is 0 Å². The normalized spacial score (nSPS) is 21.8. The molecule has 1 aliphatic heterocycles. The van der Waals surface area contributed by atoms with Gasteiger partial charge in [0.15, 0.2) is 0 Å². The van der Waals surface area contributed by atoms with Gasteiger partial charge in [0.25, 0.3) is 0 Å². The molecule has 2 rings (SSSR count). The zero-order chi connectivity index (χ0) is 13.2. The van der Waals surface area contributed by atoms with E-state index in [9.17, 15) is 5.11 Å². The highest BCUT2D eigenvalue weighted by Crippen LogP contribution is 2.23. The number of β-amino-alcohol motifs (C(OH)–C–C–N with tert-alkyl or cyclic N) is 1. The topological polar surface area (TPSA) is 32.7 Å². The fourth-order valence-corrected chi connectivity index (χ4v) is 2.33. The van der Waals surface area contributed by atoms with Gasteiger partial charge in [0.1, 0.15) is 0 Å². The number of aliphatic hydroxyl groups excluding tert-OH is 1. The third-order valence-electron chi connectivity index (χ3n) is 3.67. The van der Waals surface area contributed by atoms with E-state index in [1.807, 2.05) is 24.3 Å². The highest BCUT2D eigenvalue weighted by Gasteiger charge is 2.31. The molecule has 1 heterocycles. The number of morpholine rings is 1. The van der Waals surface area contributed by atoms with Gasteiger partial charge in [-0.1, -0.05) is 29.8 Å². The SMILES string of the molecule is Cc1ccc(C(O)CN2CCOCC2(C)C)cc1. The van der Waals surface area contributed by atoms with Gasteiger partial charge in [-0.3, -0.25) is 4.90 Å². The molecule has 3 heteroatoms. The summed E-state index contributed by atoms with van der Waals surface area (Å²) in [6, 6.07) is 8.10. The average Bonchev–Trinajstić information content (AvgIpc) is 2.32. The van der Waals surface area contributed by atoms with Crippen LogP contribution in [0, 0.1) is 6.92 Å². The molecule has 1 fully saturated rings. The van der Waals surface area contributed by atoms with Crippen LogP contribution in [-0.2, 0) is 4.74 Å². The molecule has 0 amide bonds. The molecular formula is C15H23NO2. The number of aryl methyl sites for hydroxylation is 1. The Labute approximate surface area is 109 Å². The summed E-state index contributed by atoms with van der Waals surface area (Å²) in [6.07, 6.45) is -0.428. The third kappa shape index (κ3) is 3.10. The van der Waals surface area contributed by atoms with Gasteiger partial charge in [-0.05, 0) is 26.3 Å². The standard InChI is InChI=1S/C15H23NO2/c1-12-4-6-13(7-5-12)14(17)10-16-8-9-18-11-15(16,2)3/h4-7,14,17H,8-11H2,1-3H3. The fourth-order valence-electron chi connectivity index (χ4n) is 2.33. The molecule has 1 N–H and O–H groups in total. The molecule has 1 unspecified atom stereocenters. The largest absolute Gasteiger partial charge is 0.387 e. The molecular weight excluding hydrogens is 226 g/mol. The first-order valence-electron chi connectivity index (χ1n) is 6.56. The second kappa shape index (κ2) is 5.39. The van der Waals surface area contributed by atoms with E-state index in [-0.39, 0.29) is 5.54 Å². The Morgan fingerprint density at radius 1 is 1.33 bits per heavy atom. The zero-order valence-electron chi connectivity index (χ0n) is 11.5. The molecule has 1 aromatic carbocycles. The molecule has 3 nitrogen and oxygen atoms in total. The molecule has 0 bridgehead atoms. The maximum absolute atomic E-state index is 10.3. The van der Waals surface area contributed by atoms with E-state index in [0.717, 1.165) is 25.3 Å². The fraction of sp³-hybridized carbons (Fsp3) is 0.600. The zero-order valence-corrected chi connectivity index (χ0v) is 11.5. The van der Waals surface area contributed by atoms with Crippen molar-refractivity contribution in [2.75, 3.05) is 26.3 Å². The van der Waals surface area contributed by atoms with Crippen molar-refractivity contribution in [3.8, 4) is 0 Å². The predicted molar refractivity (Wildman–Crippen MR) is 72.6 cm³/mol. The number of hydrogen-bond acceptors (Lipinski definition) is 3. The Bertz CT molecular complexity index is 386. The summed E-state index contributed by atoms with van der Waals surface area (Å²) in [5.41, 5.74) is 2.21. The van der Waals surface area contributed by atoms with Crippen molar-refractivity contribution in [2.45, 2.75) is 32.4 Å². The smallest absolute Gasteiger partial charge is 0.0917 e. The summed E-state index contributed by atoms with van der Waals surface area (Å²) >= 11 is 0. The van der Waals surface area contributed by atoms with Crippen molar-refractivity contribution in [1.29, 1.82) is 0 Å². The highest BCUT2D eigenvalue weighted by atomic mass is 16.5. The van der Waals surface area contributed by atoms with Crippen LogP contribution in [0.5, 0.6) is 0 Å². The Hall–Kier alpha value is -0.900.